The Morgan fingerprint density at radius 3 is 2.35 bits per heavy atom. The molecule has 0 bridgehead atoms. The molecule has 0 saturated heterocycles. The molecule has 0 unspecified atom stereocenters. The lowest BCUT2D eigenvalue weighted by atomic mass is 10.0. The van der Waals surface area contributed by atoms with Gasteiger partial charge in [0.05, 0.1) is 18.1 Å². The minimum Gasteiger partial charge on any atom is -0.302 e. The number of hydrogen-bond acceptors (Lipinski definition) is 3. The van der Waals surface area contributed by atoms with Crippen LogP contribution in [0, 0.1) is 28.6 Å². The van der Waals surface area contributed by atoms with Gasteiger partial charge >= 0.3 is 0 Å². The molecule has 94 valence electrons. The Labute approximate surface area is 105 Å². The molecule has 0 aliphatic heterocycles. The molecule has 3 heteroatoms. The molecule has 1 fully saturated rings. The lowest BCUT2D eigenvalue weighted by Gasteiger charge is -2.28. The van der Waals surface area contributed by atoms with Gasteiger partial charge in [0.2, 0.25) is 0 Å². The third kappa shape index (κ3) is 5.20. The Morgan fingerprint density at radius 1 is 1.18 bits per heavy atom. The zero-order valence-corrected chi connectivity index (χ0v) is 10.9. The topological polar surface area (TPSA) is 50.8 Å². The van der Waals surface area contributed by atoms with Crippen molar-refractivity contribution in [3.05, 3.63) is 0 Å². The van der Waals surface area contributed by atoms with Crippen LogP contribution in [0.25, 0.3) is 0 Å². The second-order valence-electron chi connectivity index (χ2n) is 5.11. The van der Waals surface area contributed by atoms with Crippen molar-refractivity contribution in [1.29, 1.82) is 10.5 Å². The summed E-state index contributed by atoms with van der Waals surface area (Å²) in [5.41, 5.74) is 0. The number of nitriles is 2. The first-order chi connectivity index (χ1) is 8.27. The summed E-state index contributed by atoms with van der Waals surface area (Å²) >= 11 is 0. The molecule has 1 atom stereocenters. The van der Waals surface area contributed by atoms with E-state index in [1.165, 1.54) is 38.5 Å². The van der Waals surface area contributed by atoms with Crippen molar-refractivity contribution in [3.63, 3.8) is 0 Å². The maximum Gasteiger partial charge on any atom is 0.0669 e. The number of nitrogens with zero attached hydrogens (tertiary/aromatic N) is 3. The maximum atomic E-state index is 9.07. The van der Waals surface area contributed by atoms with Gasteiger partial charge in [0.1, 0.15) is 0 Å². The van der Waals surface area contributed by atoms with Crippen molar-refractivity contribution in [2.75, 3.05) is 13.6 Å². The molecule has 0 N–H and O–H groups in total. The molecule has 0 aromatic rings. The summed E-state index contributed by atoms with van der Waals surface area (Å²) in [4.78, 5) is 2.34. The zero-order valence-electron chi connectivity index (χ0n) is 10.9. The standard InChI is InChI=1S/C14H23N3/c1-17(12-13(11-16)7-6-10-15)14-8-4-2-3-5-9-14/h13-14H,2-9,12H2,1H3/t13-/m1/s1. The predicted molar refractivity (Wildman–Crippen MR) is 68.1 cm³/mol. The molecule has 1 rings (SSSR count). The molecular formula is C14H23N3. The average Bonchev–Trinajstić information content (AvgIpc) is 2.63. The van der Waals surface area contributed by atoms with Crippen molar-refractivity contribution >= 4 is 0 Å². The van der Waals surface area contributed by atoms with E-state index in [0.717, 1.165) is 6.54 Å². The van der Waals surface area contributed by atoms with E-state index in [9.17, 15) is 0 Å². The molecule has 0 heterocycles. The molecule has 0 aromatic carbocycles. The molecular weight excluding hydrogens is 210 g/mol. The van der Waals surface area contributed by atoms with Crippen LogP contribution in [0.4, 0.5) is 0 Å². The number of rotatable bonds is 5. The minimum atomic E-state index is 0.0166. The molecule has 0 amide bonds. The van der Waals surface area contributed by atoms with Crippen LogP contribution in [-0.4, -0.2) is 24.5 Å². The number of hydrogen-bond donors (Lipinski definition) is 0. The maximum absolute atomic E-state index is 9.07. The van der Waals surface area contributed by atoms with Gasteiger partial charge in [0.15, 0.2) is 0 Å². The van der Waals surface area contributed by atoms with Gasteiger partial charge in [-0.3, -0.25) is 0 Å². The van der Waals surface area contributed by atoms with Crippen molar-refractivity contribution in [2.24, 2.45) is 5.92 Å². The quantitative estimate of drug-likeness (QED) is 0.686. The Morgan fingerprint density at radius 2 is 1.82 bits per heavy atom. The van der Waals surface area contributed by atoms with E-state index < -0.39 is 0 Å². The van der Waals surface area contributed by atoms with E-state index in [1.807, 2.05) is 0 Å². The molecule has 1 saturated carbocycles. The van der Waals surface area contributed by atoms with Crippen LogP contribution >= 0.6 is 0 Å². The first kappa shape index (κ1) is 14.0. The summed E-state index contributed by atoms with van der Waals surface area (Å²) in [5, 5.41) is 17.6. The second-order valence-corrected chi connectivity index (χ2v) is 5.11. The summed E-state index contributed by atoms with van der Waals surface area (Å²) in [5.74, 6) is 0.0166. The van der Waals surface area contributed by atoms with E-state index in [1.54, 1.807) is 0 Å². The van der Waals surface area contributed by atoms with Crippen molar-refractivity contribution in [1.82, 2.24) is 4.90 Å². The van der Waals surface area contributed by atoms with Gasteiger partial charge in [-0.1, -0.05) is 25.7 Å². The fraction of sp³-hybridized carbons (Fsp3) is 0.857. The van der Waals surface area contributed by atoms with Gasteiger partial charge < -0.3 is 4.90 Å². The molecule has 0 aromatic heterocycles. The first-order valence-corrected chi connectivity index (χ1v) is 6.74. The van der Waals surface area contributed by atoms with Gasteiger partial charge in [-0.2, -0.15) is 10.5 Å². The Balaban J connectivity index is 2.37. The van der Waals surface area contributed by atoms with Gasteiger partial charge in [0.25, 0.3) is 0 Å². The molecule has 1 aliphatic rings. The fourth-order valence-electron chi connectivity index (χ4n) is 2.63. The second kappa shape index (κ2) is 8.09. The molecule has 1 aliphatic carbocycles. The average molecular weight is 233 g/mol. The van der Waals surface area contributed by atoms with Crippen LogP contribution in [0.2, 0.25) is 0 Å². The monoisotopic (exact) mass is 233 g/mol. The highest BCUT2D eigenvalue weighted by Crippen LogP contribution is 2.22. The fourth-order valence-corrected chi connectivity index (χ4v) is 2.63. The summed E-state index contributed by atoms with van der Waals surface area (Å²) in [6.07, 6.45) is 9.12. The molecule has 3 nitrogen and oxygen atoms in total. The predicted octanol–water partition coefficient (Wildman–Crippen LogP) is 3.08. The highest BCUT2D eigenvalue weighted by atomic mass is 15.1. The lowest BCUT2D eigenvalue weighted by Crippen LogP contribution is -2.35. The normalized spacial score (nSPS) is 19.3. The highest BCUT2D eigenvalue weighted by molar-refractivity contribution is 4.88. The van der Waals surface area contributed by atoms with Crippen molar-refractivity contribution in [3.8, 4) is 12.1 Å². The minimum absolute atomic E-state index is 0.0166. The smallest absolute Gasteiger partial charge is 0.0669 e. The van der Waals surface area contributed by atoms with Gasteiger partial charge in [-0.25, -0.2) is 0 Å². The highest BCUT2D eigenvalue weighted by Gasteiger charge is 2.19. The Kier molecular flexibility index (Phi) is 6.67. The molecule has 0 spiro atoms. The van der Waals surface area contributed by atoms with Crippen LogP contribution in [0.3, 0.4) is 0 Å². The summed E-state index contributed by atoms with van der Waals surface area (Å²) in [7, 11) is 2.13. The molecule has 17 heavy (non-hydrogen) atoms. The SMILES string of the molecule is CN(C[C@@H](C#N)CCC#N)C1CCCCCC1. The van der Waals surface area contributed by atoms with Crippen LogP contribution in [-0.2, 0) is 0 Å². The van der Waals surface area contributed by atoms with Crippen LogP contribution < -0.4 is 0 Å². The van der Waals surface area contributed by atoms with E-state index in [-0.39, 0.29) is 5.92 Å². The van der Waals surface area contributed by atoms with Gasteiger partial charge in [-0.05, 0) is 26.3 Å². The lowest BCUT2D eigenvalue weighted by molar-refractivity contribution is 0.201. The van der Waals surface area contributed by atoms with Gasteiger partial charge in [-0.15, -0.1) is 0 Å². The first-order valence-electron chi connectivity index (χ1n) is 6.74. The Hall–Kier alpha value is -1.06. The van der Waals surface area contributed by atoms with E-state index in [0.29, 0.717) is 18.9 Å². The summed E-state index contributed by atoms with van der Waals surface area (Å²) < 4.78 is 0. The van der Waals surface area contributed by atoms with Crippen LogP contribution in [0.1, 0.15) is 51.4 Å². The third-order valence-electron chi connectivity index (χ3n) is 3.74. The summed E-state index contributed by atoms with van der Waals surface area (Å²) in [6, 6.07) is 5.10. The zero-order chi connectivity index (χ0) is 12.5. The Bertz CT molecular complexity index is 279. The van der Waals surface area contributed by atoms with Crippen molar-refractivity contribution in [2.45, 2.75) is 57.4 Å². The summed E-state index contributed by atoms with van der Waals surface area (Å²) in [6.45, 7) is 0.822. The van der Waals surface area contributed by atoms with Crippen LogP contribution in [0.15, 0.2) is 0 Å². The van der Waals surface area contributed by atoms with Crippen LogP contribution in [0.5, 0.6) is 0 Å². The largest absolute Gasteiger partial charge is 0.302 e. The van der Waals surface area contributed by atoms with E-state index in [2.05, 4.69) is 24.1 Å². The van der Waals surface area contributed by atoms with E-state index in [4.69, 9.17) is 10.5 Å². The van der Waals surface area contributed by atoms with Crippen molar-refractivity contribution < 1.29 is 0 Å². The molecule has 0 radical (unpaired) electrons. The van der Waals surface area contributed by atoms with Gasteiger partial charge in [0, 0.05) is 19.0 Å². The third-order valence-corrected chi connectivity index (χ3v) is 3.74. The van der Waals surface area contributed by atoms with E-state index >= 15 is 0 Å².